The van der Waals surface area contributed by atoms with Crippen LogP contribution in [0.15, 0.2) is 72.8 Å². The van der Waals surface area contributed by atoms with Crippen LogP contribution in [0.1, 0.15) is 79.9 Å². The van der Waals surface area contributed by atoms with Gasteiger partial charge in [-0.15, -0.1) is 0 Å². The number of anilines is 1. The molecule has 43 heavy (non-hydrogen) atoms. The highest BCUT2D eigenvalue weighted by Crippen LogP contribution is 2.28. The van der Waals surface area contributed by atoms with Gasteiger partial charge in [0, 0.05) is 23.4 Å². The Balaban J connectivity index is 1.50. The molecule has 228 valence electrons. The summed E-state index contributed by atoms with van der Waals surface area (Å²) in [6, 6.07) is 22.4. The maximum absolute atomic E-state index is 13.6. The predicted octanol–water partition coefficient (Wildman–Crippen LogP) is 7.07. The largest absolute Gasteiger partial charge is 0.493 e. The predicted molar refractivity (Wildman–Crippen MR) is 175 cm³/mol. The molecular weight excluding hydrogens is 560 g/mol. The number of carbonyl (C=O) groups excluding carboxylic acids is 2. The average molecular weight is 603 g/mol. The van der Waals surface area contributed by atoms with Crippen molar-refractivity contribution in [1.82, 2.24) is 5.32 Å². The number of ether oxygens (including phenoxy) is 1. The number of hydrogen-bond donors (Lipinski definition) is 3. The Labute approximate surface area is 257 Å². The molecule has 0 spiro atoms. The first-order valence-corrected chi connectivity index (χ1v) is 16.2. The van der Waals surface area contributed by atoms with Crippen molar-refractivity contribution in [2.75, 3.05) is 24.2 Å². The molecule has 3 N–H and O–H groups in total. The third-order valence-electron chi connectivity index (χ3n) is 7.68. The fourth-order valence-corrected chi connectivity index (χ4v) is 5.36. The number of rotatable bonds is 11. The fraction of sp³-hybridized carbons (Fsp3) is 0.371. The Morgan fingerprint density at radius 1 is 0.907 bits per heavy atom. The van der Waals surface area contributed by atoms with Gasteiger partial charge in [-0.3, -0.25) is 9.59 Å². The Bertz CT molecular complexity index is 1420. The molecule has 1 fully saturated rings. The van der Waals surface area contributed by atoms with Crippen LogP contribution in [0.3, 0.4) is 0 Å². The average Bonchev–Trinajstić information content (AvgIpc) is 2.99. The van der Waals surface area contributed by atoms with Crippen LogP contribution < -0.4 is 15.4 Å². The van der Waals surface area contributed by atoms with E-state index in [9.17, 15) is 13.8 Å². The first-order chi connectivity index (χ1) is 20.6. The second-order valence-electron chi connectivity index (χ2n) is 12.1. The van der Waals surface area contributed by atoms with E-state index in [0.717, 1.165) is 23.5 Å². The quantitative estimate of drug-likeness (QED) is 0.124. The van der Waals surface area contributed by atoms with Gasteiger partial charge >= 0.3 is 0 Å². The molecule has 4 rings (SSSR count). The zero-order chi connectivity index (χ0) is 30.8. The highest BCUT2D eigenvalue weighted by molar-refractivity contribution is 7.79. The van der Waals surface area contributed by atoms with Gasteiger partial charge in [-0.1, -0.05) is 76.4 Å². The second-order valence-corrected chi connectivity index (χ2v) is 13.1. The molecule has 3 aromatic carbocycles. The van der Waals surface area contributed by atoms with Gasteiger partial charge in [-0.2, -0.15) is 0 Å². The molecule has 1 atom stereocenters. The molecule has 1 saturated carbocycles. The molecule has 0 bridgehead atoms. The number of carbonyl (C=O) groups is 2. The van der Waals surface area contributed by atoms with E-state index in [-0.39, 0.29) is 29.5 Å². The summed E-state index contributed by atoms with van der Waals surface area (Å²) in [5, 5.41) is 5.66. The van der Waals surface area contributed by atoms with Crippen molar-refractivity contribution in [3.05, 3.63) is 95.1 Å². The normalized spacial score (nSPS) is 15.0. The Kier molecular flexibility index (Phi) is 11.3. The number of amides is 2. The smallest absolute Gasteiger partial charge is 0.256 e. The standard InChI is InChI=1S/C35H42N2O5S/c1-35(2,3)29-15-13-27(14-16-29)32(23-25-9-11-28(12-10-25)33(38)36-21-22-43(40)41)34(39)37-30-17-19-31(20-18-30)42-24-26-7-5-4-6-8-26/h9-20,23,26H,4-8,21-22,24H2,1-3H3,(H,36,38)(H,37,39)(H,40,41)/b32-23+. The van der Waals surface area contributed by atoms with Gasteiger partial charge in [0.15, 0.2) is 11.1 Å². The molecule has 1 unspecified atom stereocenters. The minimum atomic E-state index is -1.96. The zero-order valence-corrected chi connectivity index (χ0v) is 26.0. The lowest BCUT2D eigenvalue weighted by Gasteiger charge is -2.21. The molecule has 0 aliphatic heterocycles. The Morgan fingerprint density at radius 2 is 1.53 bits per heavy atom. The summed E-state index contributed by atoms with van der Waals surface area (Å²) in [5.41, 5.74) is 4.26. The van der Waals surface area contributed by atoms with Gasteiger partial charge in [0.25, 0.3) is 11.8 Å². The van der Waals surface area contributed by atoms with Crippen molar-refractivity contribution in [1.29, 1.82) is 0 Å². The van der Waals surface area contributed by atoms with Gasteiger partial charge in [0.2, 0.25) is 0 Å². The number of benzene rings is 3. The molecule has 7 nitrogen and oxygen atoms in total. The fourth-order valence-electron chi connectivity index (χ4n) is 5.08. The van der Waals surface area contributed by atoms with Gasteiger partial charge in [0.05, 0.1) is 12.4 Å². The molecule has 0 heterocycles. The van der Waals surface area contributed by atoms with Crippen LogP contribution in [-0.4, -0.2) is 39.5 Å². The molecule has 8 heteroatoms. The van der Waals surface area contributed by atoms with E-state index >= 15 is 0 Å². The summed E-state index contributed by atoms with van der Waals surface area (Å²) in [7, 11) is 0. The minimum Gasteiger partial charge on any atom is -0.493 e. The van der Waals surface area contributed by atoms with Crippen molar-refractivity contribution in [3.8, 4) is 5.75 Å². The van der Waals surface area contributed by atoms with Crippen LogP contribution >= 0.6 is 0 Å². The minimum absolute atomic E-state index is 0.0198. The van der Waals surface area contributed by atoms with Crippen LogP contribution in [0.5, 0.6) is 5.75 Å². The topological polar surface area (TPSA) is 105 Å². The Hall–Kier alpha value is -3.75. The number of nitrogens with one attached hydrogen (secondary N) is 2. The van der Waals surface area contributed by atoms with E-state index in [0.29, 0.717) is 22.7 Å². The SMILES string of the molecule is CC(C)(C)c1ccc(/C(=C\c2ccc(C(=O)NCCS(=O)O)cc2)C(=O)Nc2ccc(OCC3CCCCC3)cc2)cc1. The van der Waals surface area contributed by atoms with Crippen molar-refractivity contribution in [2.45, 2.75) is 58.3 Å². The van der Waals surface area contributed by atoms with Crippen molar-refractivity contribution in [2.24, 2.45) is 5.92 Å². The summed E-state index contributed by atoms with van der Waals surface area (Å²) in [6.07, 6.45) is 8.14. The highest BCUT2D eigenvalue weighted by atomic mass is 32.2. The van der Waals surface area contributed by atoms with Gasteiger partial charge < -0.3 is 19.9 Å². The summed E-state index contributed by atoms with van der Waals surface area (Å²) in [4.78, 5) is 26.0. The van der Waals surface area contributed by atoms with Gasteiger partial charge in [-0.05, 0) is 83.3 Å². The molecule has 1 aliphatic rings. The highest BCUT2D eigenvalue weighted by Gasteiger charge is 2.18. The van der Waals surface area contributed by atoms with E-state index in [1.807, 2.05) is 48.5 Å². The van der Waals surface area contributed by atoms with Crippen molar-refractivity contribution in [3.63, 3.8) is 0 Å². The van der Waals surface area contributed by atoms with Gasteiger partial charge in [-0.25, -0.2) is 4.21 Å². The van der Waals surface area contributed by atoms with Crippen molar-refractivity contribution < 1.29 is 23.1 Å². The maximum Gasteiger partial charge on any atom is 0.256 e. The zero-order valence-electron chi connectivity index (χ0n) is 25.2. The Morgan fingerprint density at radius 3 is 2.14 bits per heavy atom. The second kappa shape index (κ2) is 15.1. The van der Waals surface area contributed by atoms with Crippen LogP contribution in [0.4, 0.5) is 5.69 Å². The lowest BCUT2D eigenvalue weighted by molar-refractivity contribution is -0.111. The van der Waals surface area contributed by atoms with Crippen LogP contribution in [0.2, 0.25) is 0 Å². The van der Waals surface area contributed by atoms with Crippen LogP contribution in [0, 0.1) is 5.92 Å². The summed E-state index contributed by atoms with van der Waals surface area (Å²) in [6.45, 7) is 7.28. The third-order valence-corrected chi connectivity index (χ3v) is 8.23. The molecule has 1 aliphatic carbocycles. The van der Waals surface area contributed by atoms with E-state index in [1.165, 1.54) is 37.7 Å². The van der Waals surface area contributed by atoms with E-state index in [1.54, 1.807) is 30.3 Å². The monoisotopic (exact) mass is 602 g/mol. The summed E-state index contributed by atoms with van der Waals surface area (Å²) >= 11 is -1.96. The third kappa shape index (κ3) is 9.90. The summed E-state index contributed by atoms with van der Waals surface area (Å²) in [5.74, 6) is 0.800. The molecule has 0 radical (unpaired) electrons. The first kappa shape index (κ1) is 32.2. The lowest BCUT2D eigenvalue weighted by Crippen LogP contribution is -2.27. The molecule has 0 saturated heterocycles. The summed E-state index contributed by atoms with van der Waals surface area (Å²) < 4.78 is 25.7. The first-order valence-electron chi connectivity index (χ1n) is 14.9. The van der Waals surface area contributed by atoms with Crippen molar-refractivity contribution >= 4 is 40.2 Å². The van der Waals surface area contributed by atoms with E-state index in [2.05, 4.69) is 31.4 Å². The molecule has 0 aromatic heterocycles. The van der Waals surface area contributed by atoms with E-state index in [4.69, 9.17) is 9.29 Å². The van der Waals surface area contributed by atoms with Crippen LogP contribution in [-0.2, 0) is 21.3 Å². The maximum atomic E-state index is 13.6. The molecule has 2 amide bonds. The molecular formula is C35H42N2O5S. The van der Waals surface area contributed by atoms with E-state index < -0.39 is 11.1 Å². The lowest BCUT2D eigenvalue weighted by atomic mass is 9.86. The van der Waals surface area contributed by atoms with Gasteiger partial charge in [0.1, 0.15) is 5.75 Å². The molecule has 3 aromatic rings. The number of hydrogen-bond acceptors (Lipinski definition) is 4. The van der Waals surface area contributed by atoms with Crippen LogP contribution in [0.25, 0.3) is 11.6 Å².